The number of ether oxygens (including phenoxy) is 1. The molecule has 6 heteroatoms. The molecule has 0 fully saturated rings. The van der Waals surface area contributed by atoms with Crippen molar-refractivity contribution >= 4 is 22.7 Å². The normalized spacial score (nSPS) is 20.8. The van der Waals surface area contributed by atoms with Crippen molar-refractivity contribution in [1.82, 2.24) is 19.6 Å². The van der Waals surface area contributed by atoms with Gasteiger partial charge in [-0.1, -0.05) is 25.1 Å². The van der Waals surface area contributed by atoms with Crippen LogP contribution in [0.15, 0.2) is 24.3 Å². The van der Waals surface area contributed by atoms with E-state index in [2.05, 4.69) is 47.8 Å². The van der Waals surface area contributed by atoms with Crippen molar-refractivity contribution in [3.63, 3.8) is 0 Å². The molecular weight excluding hydrogens is 352 g/mol. The second-order valence-electron chi connectivity index (χ2n) is 9.16. The van der Waals surface area contributed by atoms with E-state index in [0.717, 1.165) is 42.8 Å². The number of hydrogen-bond acceptors (Lipinski definition) is 4. The van der Waals surface area contributed by atoms with Gasteiger partial charge in [-0.05, 0) is 46.2 Å². The summed E-state index contributed by atoms with van der Waals surface area (Å²) >= 11 is 0. The Bertz CT molecular complexity index is 938. The molecule has 0 spiro atoms. The number of allylic oxidation sites excluding steroid dienone is 1. The van der Waals surface area contributed by atoms with Gasteiger partial charge < -0.3 is 4.74 Å². The van der Waals surface area contributed by atoms with Gasteiger partial charge in [0.1, 0.15) is 5.60 Å². The Hall–Kier alpha value is -2.34. The number of likely N-dealkylation sites (N-methyl/N-ethyl adjacent to an activating group) is 1. The summed E-state index contributed by atoms with van der Waals surface area (Å²) in [5, 5.41) is 6.01. The Balaban J connectivity index is 1.69. The SMILES string of the molecule is CC1CC=C(c2ccc3c4n(nc3c2)CCN(C)C4)N(C(=O)OC(C)(C)C)C1. The molecule has 0 N–H and O–H groups in total. The number of carbonyl (C=O) groups excluding carboxylic acids is 1. The van der Waals surface area contributed by atoms with Crippen LogP contribution in [0, 0.1) is 5.92 Å². The maximum absolute atomic E-state index is 12.8. The van der Waals surface area contributed by atoms with Crippen molar-refractivity contribution in [2.75, 3.05) is 20.1 Å². The van der Waals surface area contributed by atoms with Crippen molar-refractivity contribution in [1.29, 1.82) is 0 Å². The summed E-state index contributed by atoms with van der Waals surface area (Å²) in [5.74, 6) is 0.412. The molecule has 0 saturated heterocycles. The van der Waals surface area contributed by atoms with Gasteiger partial charge >= 0.3 is 6.09 Å². The first kappa shape index (κ1) is 19.0. The van der Waals surface area contributed by atoms with Crippen LogP contribution in [-0.4, -0.2) is 51.4 Å². The highest BCUT2D eigenvalue weighted by Crippen LogP contribution is 2.32. The molecule has 1 aromatic heterocycles. The molecule has 3 heterocycles. The summed E-state index contributed by atoms with van der Waals surface area (Å²) in [6.07, 6.45) is 2.83. The molecule has 2 aliphatic heterocycles. The molecule has 150 valence electrons. The van der Waals surface area contributed by atoms with Crippen LogP contribution in [0.5, 0.6) is 0 Å². The molecule has 6 nitrogen and oxygen atoms in total. The molecule has 0 saturated carbocycles. The van der Waals surface area contributed by atoms with Crippen molar-refractivity contribution < 1.29 is 9.53 Å². The minimum atomic E-state index is -0.512. The zero-order valence-corrected chi connectivity index (χ0v) is 17.5. The van der Waals surface area contributed by atoms with E-state index in [1.807, 2.05) is 20.8 Å². The van der Waals surface area contributed by atoms with Crippen LogP contribution in [0.3, 0.4) is 0 Å². The minimum Gasteiger partial charge on any atom is -0.443 e. The van der Waals surface area contributed by atoms with Gasteiger partial charge in [0.15, 0.2) is 0 Å². The minimum absolute atomic E-state index is 0.281. The first-order chi connectivity index (χ1) is 13.2. The Morgan fingerprint density at radius 3 is 2.79 bits per heavy atom. The van der Waals surface area contributed by atoms with E-state index in [0.29, 0.717) is 12.5 Å². The zero-order valence-electron chi connectivity index (χ0n) is 17.5. The van der Waals surface area contributed by atoms with Crippen LogP contribution in [-0.2, 0) is 17.8 Å². The quantitative estimate of drug-likeness (QED) is 0.745. The Morgan fingerprint density at radius 2 is 2.04 bits per heavy atom. The fourth-order valence-electron chi connectivity index (χ4n) is 3.97. The molecule has 4 rings (SSSR count). The van der Waals surface area contributed by atoms with E-state index < -0.39 is 5.60 Å². The third-order valence-corrected chi connectivity index (χ3v) is 5.37. The molecule has 0 bridgehead atoms. The maximum Gasteiger partial charge on any atom is 0.414 e. The number of nitrogens with zero attached hydrogens (tertiary/aromatic N) is 4. The van der Waals surface area contributed by atoms with Gasteiger partial charge in [0, 0.05) is 30.6 Å². The summed E-state index contributed by atoms with van der Waals surface area (Å²) in [4.78, 5) is 16.9. The lowest BCUT2D eigenvalue weighted by molar-refractivity contribution is 0.0327. The highest BCUT2D eigenvalue weighted by atomic mass is 16.6. The number of aromatic nitrogens is 2. The lowest BCUT2D eigenvalue weighted by Crippen LogP contribution is -2.39. The summed E-state index contributed by atoms with van der Waals surface area (Å²) in [6, 6.07) is 6.37. The molecule has 2 aromatic rings. The lowest BCUT2D eigenvalue weighted by atomic mass is 9.98. The largest absolute Gasteiger partial charge is 0.443 e. The number of amides is 1. The molecular formula is C22H30N4O2. The van der Waals surface area contributed by atoms with Crippen molar-refractivity contribution in [2.24, 2.45) is 5.92 Å². The van der Waals surface area contributed by atoms with Crippen LogP contribution in [0.4, 0.5) is 4.79 Å². The Morgan fingerprint density at radius 1 is 1.25 bits per heavy atom. The molecule has 0 aliphatic carbocycles. The number of hydrogen-bond donors (Lipinski definition) is 0. The number of fused-ring (bicyclic) bond motifs is 3. The van der Waals surface area contributed by atoms with E-state index in [4.69, 9.17) is 9.84 Å². The lowest BCUT2D eigenvalue weighted by Gasteiger charge is -2.33. The third kappa shape index (κ3) is 3.65. The van der Waals surface area contributed by atoms with Gasteiger partial charge in [0.25, 0.3) is 0 Å². The summed E-state index contributed by atoms with van der Waals surface area (Å²) in [5.41, 5.74) is 3.70. The van der Waals surface area contributed by atoms with E-state index in [1.54, 1.807) is 4.90 Å². The van der Waals surface area contributed by atoms with Crippen LogP contribution in [0.2, 0.25) is 0 Å². The monoisotopic (exact) mass is 382 g/mol. The van der Waals surface area contributed by atoms with Crippen LogP contribution in [0.1, 0.15) is 45.4 Å². The molecule has 1 unspecified atom stereocenters. The van der Waals surface area contributed by atoms with E-state index in [1.165, 1.54) is 11.1 Å². The number of benzene rings is 1. The standard InChI is InChI=1S/C22H30N4O2/c1-15-6-9-19(25(13-15)21(27)28-22(2,3)4)16-7-8-17-18(12-16)23-26-11-10-24(5)14-20(17)26/h7-9,12,15H,6,10-11,13-14H2,1-5H3. The fraction of sp³-hybridized carbons (Fsp3) is 0.545. The average Bonchev–Trinajstić information content (AvgIpc) is 2.97. The van der Waals surface area contributed by atoms with Gasteiger partial charge in [-0.15, -0.1) is 0 Å². The van der Waals surface area contributed by atoms with Crippen molar-refractivity contribution in [3.8, 4) is 0 Å². The Kier molecular flexibility index (Phi) is 4.70. The van der Waals surface area contributed by atoms with Gasteiger partial charge in [0.2, 0.25) is 0 Å². The zero-order chi connectivity index (χ0) is 20.1. The second-order valence-corrected chi connectivity index (χ2v) is 9.16. The highest BCUT2D eigenvalue weighted by Gasteiger charge is 2.29. The molecule has 1 aromatic carbocycles. The molecule has 2 aliphatic rings. The van der Waals surface area contributed by atoms with Gasteiger partial charge in [-0.3, -0.25) is 14.5 Å². The summed E-state index contributed by atoms with van der Waals surface area (Å²) in [7, 11) is 2.14. The molecule has 0 radical (unpaired) electrons. The van der Waals surface area contributed by atoms with Crippen LogP contribution < -0.4 is 0 Å². The van der Waals surface area contributed by atoms with Gasteiger partial charge in [-0.25, -0.2) is 4.79 Å². The molecule has 1 amide bonds. The van der Waals surface area contributed by atoms with Gasteiger partial charge in [0.05, 0.1) is 23.5 Å². The van der Waals surface area contributed by atoms with Crippen molar-refractivity contribution in [2.45, 2.75) is 52.8 Å². The Labute approximate surface area is 166 Å². The van der Waals surface area contributed by atoms with E-state index in [-0.39, 0.29) is 6.09 Å². The average molecular weight is 383 g/mol. The number of carbonyl (C=O) groups is 1. The topological polar surface area (TPSA) is 50.6 Å². The highest BCUT2D eigenvalue weighted by molar-refractivity contribution is 5.88. The third-order valence-electron chi connectivity index (χ3n) is 5.37. The number of rotatable bonds is 1. The predicted octanol–water partition coefficient (Wildman–Crippen LogP) is 4.10. The first-order valence-electron chi connectivity index (χ1n) is 10.1. The molecule has 28 heavy (non-hydrogen) atoms. The van der Waals surface area contributed by atoms with Gasteiger partial charge in [-0.2, -0.15) is 5.10 Å². The molecule has 1 atom stereocenters. The maximum atomic E-state index is 12.8. The van der Waals surface area contributed by atoms with E-state index in [9.17, 15) is 4.79 Å². The van der Waals surface area contributed by atoms with Crippen LogP contribution in [0.25, 0.3) is 16.6 Å². The first-order valence-corrected chi connectivity index (χ1v) is 10.1. The predicted molar refractivity (Wildman–Crippen MR) is 111 cm³/mol. The summed E-state index contributed by atoms with van der Waals surface area (Å²) in [6.45, 7) is 11.4. The fourth-order valence-corrected chi connectivity index (χ4v) is 3.97. The van der Waals surface area contributed by atoms with Crippen molar-refractivity contribution in [3.05, 3.63) is 35.5 Å². The van der Waals surface area contributed by atoms with Crippen LogP contribution >= 0.6 is 0 Å². The summed E-state index contributed by atoms with van der Waals surface area (Å²) < 4.78 is 7.79. The second kappa shape index (κ2) is 6.92. The van der Waals surface area contributed by atoms with E-state index >= 15 is 0 Å². The smallest absolute Gasteiger partial charge is 0.414 e.